The molecule has 1 fully saturated rings. The van der Waals surface area contributed by atoms with Crippen LogP contribution in [0.2, 0.25) is 0 Å². The van der Waals surface area contributed by atoms with E-state index in [1.165, 1.54) is 5.56 Å². The normalized spacial score (nSPS) is 17.7. The van der Waals surface area contributed by atoms with Crippen LogP contribution >= 0.6 is 0 Å². The second kappa shape index (κ2) is 7.03. The molecule has 0 aliphatic carbocycles. The lowest BCUT2D eigenvalue weighted by atomic mass is 10.1. The van der Waals surface area contributed by atoms with Crippen LogP contribution in [0, 0.1) is 0 Å². The number of benzene rings is 1. The van der Waals surface area contributed by atoms with Crippen molar-refractivity contribution in [3.8, 4) is 17.2 Å². The summed E-state index contributed by atoms with van der Waals surface area (Å²) in [4.78, 5) is 6.43. The first-order chi connectivity index (χ1) is 12.3. The van der Waals surface area contributed by atoms with Crippen LogP contribution in [-0.2, 0) is 6.54 Å². The number of hydrogen-bond acceptors (Lipinski definition) is 6. The Morgan fingerprint density at radius 1 is 1.12 bits per heavy atom. The fourth-order valence-corrected chi connectivity index (χ4v) is 3.18. The van der Waals surface area contributed by atoms with Gasteiger partial charge in [0.25, 0.3) is 0 Å². The van der Waals surface area contributed by atoms with Crippen molar-refractivity contribution in [3.63, 3.8) is 0 Å². The fourth-order valence-electron chi connectivity index (χ4n) is 3.18. The zero-order chi connectivity index (χ0) is 17.1. The molecule has 1 unspecified atom stereocenters. The highest BCUT2D eigenvalue weighted by molar-refractivity contribution is 5.50. The first-order valence-corrected chi connectivity index (χ1v) is 8.41. The maximum Gasteiger partial charge on any atom is 0.247 e. The minimum absolute atomic E-state index is 0.293. The monoisotopic (exact) mass is 336 g/mol. The summed E-state index contributed by atoms with van der Waals surface area (Å²) in [5.41, 5.74) is 2.19. The molecule has 6 nitrogen and oxygen atoms in total. The van der Waals surface area contributed by atoms with E-state index in [0.29, 0.717) is 11.8 Å². The van der Waals surface area contributed by atoms with Crippen LogP contribution in [0.25, 0.3) is 11.5 Å². The van der Waals surface area contributed by atoms with Crippen LogP contribution in [0.3, 0.4) is 0 Å². The van der Waals surface area contributed by atoms with Gasteiger partial charge in [0.15, 0.2) is 0 Å². The van der Waals surface area contributed by atoms with Gasteiger partial charge in [0, 0.05) is 31.0 Å². The Hall–Kier alpha value is -2.73. The van der Waals surface area contributed by atoms with E-state index in [1.54, 1.807) is 19.5 Å². The van der Waals surface area contributed by atoms with Crippen LogP contribution in [0.15, 0.2) is 53.2 Å². The number of likely N-dealkylation sites (tertiary alicyclic amines) is 1. The van der Waals surface area contributed by atoms with E-state index >= 15 is 0 Å². The van der Waals surface area contributed by atoms with Crippen molar-refractivity contribution in [1.82, 2.24) is 20.1 Å². The van der Waals surface area contributed by atoms with Gasteiger partial charge in [0.2, 0.25) is 11.8 Å². The number of rotatable bonds is 5. The minimum atomic E-state index is 0.293. The first-order valence-electron chi connectivity index (χ1n) is 8.41. The molecule has 1 aliphatic heterocycles. The number of methoxy groups -OCH3 is 1. The molecule has 0 N–H and O–H groups in total. The molecule has 0 saturated carbocycles. The summed E-state index contributed by atoms with van der Waals surface area (Å²) in [6, 6.07) is 12.0. The van der Waals surface area contributed by atoms with Crippen LogP contribution in [-0.4, -0.2) is 40.3 Å². The molecule has 1 aliphatic rings. The van der Waals surface area contributed by atoms with E-state index in [2.05, 4.69) is 32.2 Å². The van der Waals surface area contributed by atoms with Crippen LogP contribution in [0.1, 0.15) is 23.8 Å². The molecule has 3 heterocycles. The Labute approximate surface area is 146 Å². The van der Waals surface area contributed by atoms with Gasteiger partial charge < -0.3 is 9.15 Å². The maximum absolute atomic E-state index is 5.89. The van der Waals surface area contributed by atoms with Crippen molar-refractivity contribution < 1.29 is 9.15 Å². The quantitative estimate of drug-likeness (QED) is 0.713. The van der Waals surface area contributed by atoms with E-state index in [0.717, 1.165) is 43.3 Å². The molecule has 1 saturated heterocycles. The standard InChI is InChI=1S/C19H20N4O2/c1-24-17-4-2-14(3-5-17)12-23-11-8-16(13-23)19-22-21-18(25-19)15-6-9-20-10-7-15/h2-7,9-10,16H,8,11-13H2,1H3. The Bertz CT molecular complexity index is 817. The minimum Gasteiger partial charge on any atom is -0.497 e. The molecule has 0 bridgehead atoms. The van der Waals surface area contributed by atoms with E-state index in [4.69, 9.17) is 9.15 Å². The molecular formula is C19H20N4O2. The van der Waals surface area contributed by atoms with Gasteiger partial charge in [-0.05, 0) is 42.8 Å². The van der Waals surface area contributed by atoms with Crippen molar-refractivity contribution >= 4 is 0 Å². The molecule has 4 rings (SSSR count). The van der Waals surface area contributed by atoms with Gasteiger partial charge in [0.1, 0.15) is 5.75 Å². The smallest absolute Gasteiger partial charge is 0.247 e. The summed E-state index contributed by atoms with van der Waals surface area (Å²) in [6.07, 6.45) is 4.49. The molecule has 0 radical (unpaired) electrons. The molecule has 0 spiro atoms. The van der Waals surface area contributed by atoms with Gasteiger partial charge in [0.05, 0.1) is 13.0 Å². The summed E-state index contributed by atoms with van der Waals surface area (Å²) >= 11 is 0. The largest absolute Gasteiger partial charge is 0.497 e. The van der Waals surface area contributed by atoms with Gasteiger partial charge in [-0.3, -0.25) is 9.88 Å². The van der Waals surface area contributed by atoms with Crippen molar-refractivity contribution in [3.05, 3.63) is 60.2 Å². The van der Waals surface area contributed by atoms with Crippen molar-refractivity contribution in [2.45, 2.75) is 18.9 Å². The van der Waals surface area contributed by atoms with Gasteiger partial charge in [-0.25, -0.2) is 0 Å². The summed E-state index contributed by atoms with van der Waals surface area (Å²) in [7, 11) is 1.69. The summed E-state index contributed by atoms with van der Waals surface area (Å²) < 4.78 is 11.1. The Morgan fingerprint density at radius 2 is 1.92 bits per heavy atom. The third kappa shape index (κ3) is 3.53. The van der Waals surface area contributed by atoms with E-state index in [9.17, 15) is 0 Å². The van der Waals surface area contributed by atoms with Crippen molar-refractivity contribution in [2.24, 2.45) is 0 Å². The van der Waals surface area contributed by atoms with E-state index < -0.39 is 0 Å². The zero-order valence-corrected chi connectivity index (χ0v) is 14.1. The SMILES string of the molecule is COc1ccc(CN2CCC(c3nnc(-c4ccncc4)o3)C2)cc1. The average Bonchev–Trinajstić information content (AvgIpc) is 3.32. The number of pyridine rings is 1. The highest BCUT2D eigenvalue weighted by atomic mass is 16.5. The van der Waals surface area contributed by atoms with E-state index in [-0.39, 0.29) is 0 Å². The molecule has 1 atom stereocenters. The molecule has 0 amide bonds. The predicted octanol–water partition coefficient (Wildman–Crippen LogP) is 3.13. The van der Waals surface area contributed by atoms with Gasteiger partial charge in [-0.2, -0.15) is 0 Å². The lowest BCUT2D eigenvalue weighted by Crippen LogP contribution is -2.19. The average molecular weight is 336 g/mol. The lowest BCUT2D eigenvalue weighted by molar-refractivity contribution is 0.320. The van der Waals surface area contributed by atoms with Crippen LogP contribution in [0.4, 0.5) is 0 Å². The molecule has 25 heavy (non-hydrogen) atoms. The molecule has 6 heteroatoms. The molecule has 1 aromatic carbocycles. The number of aromatic nitrogens is 3. The number of nitrogens with zero attached hydrogens (tertiary/aromatic N) is 4. The second-order valence-electron chi connectivity index (χ2n) is 6.25. The Morgan fingerprint density at radius 3 is 2.68 bits per heavy atom. The maximum atomic E-state index is 5.89. The number of ether oxygens (including phenoxy) is 1. The highest BCUT2D eigenvalue weighted by Crippen LogP contribution is 2.29. The van der Waals surface area contributed by atoms with Crippen LogP contribution < -0.4 is 4.74 Å². The second-order valence-corrected chi connectivity index (χ2v) is 6.25. The van der Waals surface area contributed by atoms with Gasteiger partial charge >= 0.3 is 0 Å². The third-order valence-electron chi connectivity index (χ3n) is 4.55. The molecule has 128 valence electrons. The summed E-state index contributed by atoms with van der Waals surface area (Å²) in [5.74, 6) is 2.47. The Kier molecular flexibility index (Phi) is 4.43. The fraction of sp³-hybridized carbons (Fsp3) is 0.316. The zero-order valence-electron chi connectivity index (χ0n) is 14.1. The van der Waals surface area contributed by atoms with Gasteiger partial charge in [-0.1, -0.05) is 12.1 Å². The van der Waals surface area contributed by atoms with Crippen molar-refractivity contribution in [1.29, 1.82) is 0 Å². The summed E-state index contributed by atoms with van der Waals surface area (Å²) in [6.45, 7) is 2.89. The van der Waals surface area contributed by atoms with Crippen LogP contribution in [0.5, 0.6) is 5.75 Å². The predicted molar refractivity (Wildman–Crippen MR) is 93.2 cm³/mol. The Balaban J connectivity index is 1.39. The molecule has 3 aromatic rings. The van der Waals surface area contributed by atoms with E-state index in [1.807, 2.05) is 24.3 Å². The topological polar surface area (TPSA) is 64.3 Å². The molecular weight excluding hydrogens is 316 g/mol. The molecule has 2 aromatic heterocycles. The third-order valence-corrected chi connectivity index (χ3v) is 4.55. The highest BCUT2D eigenvalue weighted by Gasteiger charge is 2.28. The van der Waals surface area contributed by atoms with Crippen molar-refractivity contribution in [2.75, 3.05) is 20.2 Å². The van der Waals surface area contributed by atoms with Gasteiger partial charge in [-0.15, -0.1) is 10.2 Å². The number of hydrogen-bond donors (Lipinski definition) is 0. The lowest BCUT2D eigenvalue weighted by Gasteiger charge is -2.15. The first kappa shape index (κ1) is 15.8. The summed E-state index contributed by atoms with van der Waals surface area (Å²) in [5, 5.41) is 8.44.